The van der Waals surface area contributed by atoms with E-state index in [0.29, 0.717) is 13.1 Å². The van der Waals surface area contributed by atoms with E-state index in [1.54, 1.807) is 20.8 Å². The van der Waals surface area contributed by atoms with Gasteiger partial charge in [-0.25, -0.2) is 4.79 Å². The molecule has 1 aliphatic heterocycles. The van der Waals surface area contributed by atoms with E-state index in [2.05, 4.69) is 10.6 Å². The van der Waals surface area contributed by atoms with Crippen molar-refractivity contribution >= 4 is 17.9 Å². The number of nitrogens with zero attached hydrogens (tertiary/aromatic N) is 1. The van der Waals surface area contributed by atoms with Crippen LogP contribution < -0.4 is 10.6 Å². The lowest BCUT2D eigenvalue weighted by Gasteiger charge is -2.33. The number of piperidine rings is 1. The van der Waals surface area contributed by atoms with Crippen LogP contribution in [0.4, 0.5) is 4.79 Å². The smallest absolute Gasteiger partial charge is 0.407 e. The second kappa shape index (κ2) is 9.24. The number of amides is 3. The van der Waals surface area contributed by atoms with Crippen molar-refractivity contribution in [3.63, 3.8) is 0 Å². The van der Waals surface area contributed by atoms with Crippen LogP contribution in [0, 0.1) is 5.92 Å². The Morgan fingerprint density at radius 2 is 1.65 bits per heavy atom. The quantitative estimate of drug-likeness (QED) is 0.780. The van der Waals surface area contributed by atoms with Crippen molar-refractivity contribution in [2.24, 2.45) is 5.92 Å². The van der Waals surface area contributed by atoms with E-state index >= 15 is 0 Å². The molecule has 2 N–H and O–H groups in total. The van der Waals surface area contributed by atoms with Gasteiger partial charge in [0.15, 0.2) is 0 Å². The van der Waals surface area contributed by atoms with Gasteiger partial charge >= 0.3 is 6.09 Å². The van der Waals surface area contributed by atoms with Gasteiger partial charge in [0.1, 0.15) is 5.60 Å². The number of carbonyl (C=O) groups is 3. The molecule has 0 aromatic heterocycles. The molecule has 26 heavy (non-hydrogen) atoms. The van der Waals surface area contributed by atoms with Crippen LogP contribution in [0.25, 0.3) is 0 Å². The average molecular weight is 367 g/mol. The van der Waals surface area contributed by atoms with Gasteiger partial charge in [-0.2, -0.15) is 0 Å². The van der Waals surface area contributed by atoms with Gasteiger partial charge in [0, 0.05) is 38.0 Å². The third kappa shape index (κ3) is 6.84. The summed E-state index contributed by atoms with van der Waals surface area (Å²) >= 11 is 0. The Balaban J connectivity index is 1.61. The SMILES string of the molecule is CC(C)(C)OC(=O)NCCC(=O)N1CCC(NC(=O)C2CCCC2)CC1. The fraction of sp³-hybridized carbons (Fsp3) is 0.842. The second-order valence-electron chi connectivity index (χ2n) is 8.32. The number of hydrogen-bond acceptors (Lipinski definition) is 4. The molecule has 0 aromatic rings. The fourth-order valence-corrected chi connectivity index (χ4v) is 3.52. The summed E-state index contributed by atoms with van der Waals surface area (Å²) in [7, 11) is 0. The molecule has 148 valence electrons. The lowest BCUT2D eigenvalue weighted by atomic mass is 10.0. The first-order valence-electron chi connectivity index (χ1n) is 9.79. The molecule has 1 saturated heterocycles. The predicted molar refractivity (Wildman–Crippen MR) is 98.6 cm³/mol. The molecule has 1 heterocycles. The summed E-state index contributed by atoms with van der Waals surface area (Å²) in [6.07, 6.45) is 5.68. The number of carbonyl (C=O) groups excluding carboxylic acids is 3. The highest BCUT2D eigenvalue weighted by Crippen LogP contribution is 2.25. The molecular formula is C19H33N3O4. The third-order valence-electron chi connectivity index (χ3n) is 4.93. The first-order valence-corrected chi connectivity index (χ1v) is 9.79. The van der Waals surface area contributed by atoms with Crippen LogP contribution in [-0.2, 0) is 14.3 Å². The summed E-state index contributed by atoms with van der Waals surface area (Å²) in [6, 6.07) is 0.173. The number of rotatable bonds is 5. The van der Waals surface area contributed by atoms with Crippen LogP contribution in [0.2, 0.25) is 0 Å². The zero-order chi connectivity index (χ0) is 19.2. The average Bonchev–Trinajstić information content (AvgIpc) is 3.08. The first-order chi connectivity index (χ1) is 12.2. The minimum absolute atomic E-state index is 0.0293. The Morgan fingerprint density at radius 3 is 2.23 bits per heavy atom. The highest BCUT2D eigenvalue weighted by molar-refractivity contribution is 5.79. The first kappa shape index (κ1) is 20.5. The summed E-state index contributed by atoms with van der Waals surface area (Å²) in [5.74, 6) is 0.407. The summed E-state index contributed by atoms with van der Waals surface area (Å²) in [6.45, 7) is 6.97. The Bertz CT molecular complexity index is 501. The molecular weight excluding hydrogens is 334 g/mol. The molecule has 0 bridgehead atoms. The van der Waals surface area contributed by atoms with Gasteiger partial charge in [-0.3, -0.25) is 9.59 Å². The zero-order valence-corrected chi connectivity index (χ0v) is 16.3. The van der Waals surface area contributed by atoms with Crippen LogP contribution >= 0.6 is 0 Å². The highest BCUT2D eigenvalue weighted by atomic mass is 16.6. The molecule has 0 unspecified atom stereocenters. The van der Waals surface area contributed by atoms with Crippen molar-refractivity contribution in [2.75, 3.05) is 19.6 Å². The predicted octanol–water partition coefficient (Wildman–Crippen LogP) is 2.20. The minimum atomic E-state index is -0.543. The summed E-state index contributed by atoms with van der Waals surface area (Å²) < 4.78 is 5.14. The van der Waals surface area contributed by atoms with Crippen molar-refractivity contribution < 1.29 is 19.1 Å². The Morgan fingerprint density at radius 1 is 1.04 bits per heavy atom. The molecule has 3 amide bonds. The summed E-state index contributed by atoms with van der Waals surface area (Å²) in [5, 5.41) is 5.76. The maximum absolute atomic E-state index is 12.2. The number of ether oxygens (including phenoxy) is 1. The van der Waals surface area contributed by atoms with E-state index in [1.165, 1.54) is 0 Å². The van der Waals surface area contributed by atoms with Crippen molar-refractivity contribution in [3.8, 4) is 0 Å². The van der Waals surface area contributed by atoms with E-state index < -0.39 is 11.7 Å². The molecule has 0 aromatic carbocycles. The van der Waals surface area contributed by atoms with Gasteiger partial charge in [-0.15, -0.1) is 0 Å². The lowest BCUT2D eigenvalue weighted by Crippen LogP contribution is -2.48. The van der Waals surface area contributed by atoms with E-state index in [1.807, 2.05) is 4.90 Å². The second-order valence-corrected chi connectivity index (χ2v) is 8.32. The van der Waals surface area contributed by atoms with E-state index in [-0.39, 0.29) is 36.7 Å². The molecule has 0 atom stereocenters. The monoisotopic (exact) mass is 367 g/mol. The zero-order valence-electron chi connectivity index (χ0n) is 16.3. The molecule has 2 rings (SSSR count). The van der Waals surface area contributed by atoms with Crippen LogP contribution in [-0.4, -0.2) is 54.1 Å². The van der Waals surface area contributed by atoms with Crippen LogP contribution in [0.5, 0.6) is 0 Å². The molecule has 7 nitrogen and oxygen atoms in total. The van der Waals surface area contributed by atoms with Crippen molar-refractivity contribution in [3.05, 3.63) is 0 Å². The summed E-state index contributed by atoms with van der Waals surface area (Å²) in [5.41, 5.74) is -0.543. The van der Waals surface area contributed by atoms with E-state index in [4.69, 9.17) is 4.74 Å². The lowest BCUT2D eigenvalue weighted by molar-refractivity contribution is -0.132. The Kier molecular flexibility index (Phi) is 7.29. The number of hydrogen-bond donors (Lipinski definition) is 2. The van der Waals surface area contributed by atoms with Crippen LogP contribution in [0.3, 0.4) is 0 Å². The Hall–Kier alpha value is -1.79. The summed E-state index contributed by atoms with van der Waals surface area (Å²) in [4.78, 5) is 37.8. The fourth-order valence-electron chi connectivity index (χ4n) is 3.52. The molecule has 2 aliphatic rings. The number of nitrogens with one attached hydrogen (secondary N) is 2. The van der Waals surface area contributed by atoms with Crippen molar-refractivity contribution in [2.45, 2.75) is 77.4 Å². The van der Waals surface area contributed by atoms with Gasteiger partial charge in [0.2, 0.25) is 11.8 Å². The third-order valence-corrected chi connectivity index (χ3v) is 4.93. The number of alkyl carbamates (subject to hydrolysis) is 1. The van der Waals surface area contributed by atoms with Crippen LogP contribution in [0.15, 0.2) is 0 Å². The van der Waals surface area contributed by atoms with Gasteiger partial charge in [-0.05, 0) is 46.5 Å². The molecule has 1 saturated carbocycles. The number of likely N-dealkylation sites (tertiary alicyclic amines) is 1. The Labute approximate surface area is 156 Å². The molecule has 0 radical (unpaired) electrons. The topological polar surface area (TPSA) is 87.7 Å². The molecule has 1 aliphatic carbocycles. The normalized spacial score (nSPS) is 19.3. The standard InChI is InChI=1S/C19H33N3O4/c1-19(2,3)26-18(25)20-11-8-16(23)22-12-9-15(10-13-22)21-17(24)14-6-4-5-7-14/h14-15H,4-13H2,1-3H3,(H,20,25)(H,21,24). The molecule has 7 heteroatoms. The van der Waals surface area contributed by atoms with E-state index in [9.17, 15) is 14.4 Å². The highest BCUT2D eigenvalue weighted by Gasteiger charge is 2.28. The van der Waals surface area contributed by atoms with Crippen LogP contribution in [0.1, 0.15) is 65.7 Å². The molecule has 2 fully saturated rings. The van der Waals surface area contributed by atoms with Gasteiger partial charge in [0.25, 0.3) is 0 Å². The maximum atomic E-state index is 12.2. The maximum Gasteiger partial charge on any atom is 0.407 e. The van der Waals surface area contributed by atoms with Crippen molar-refractivity contribution in [1.82, 2.24) is 15.5 Å². The van der Waals surface area contributed by atoms with Gasteiger partial charge in [0.05, 0.1) is 0 Å². The van der Waals surface area contributed by atoms with Gasteiger partial charge < -0.3 is 20.3 Å². The van der Waals surface area contributed by atoms with Crippen molar-refractivity contribution in [1.29, 1.82) is 0 Å². The molecule has 0 spiro atoms. The van der Waals surface area contributed by atoms with Gasteiger partial charge in [-0.1, -0.05) is 12.8 Å². The van der Waals surface area contributed by atoms with E-state index in [0.717, 1.165) is 38.5 Å². The minimum Gasteiger partial charge on any atom is -0.444 e. The largest absolute Gasteiger partial charge is 0.444 e.